The number of amides is 1. The lowest BCUT2D eigenvalue weighted by atomic mass is 9.88. The van der Waals surface area contributed by atoms with Gasteiger partial charge in [0.05, 0.1) is 4.92 Å². The van der Waals surface area contributed by atoms with E-state index >= 15 is 0 Å². The number of carbonyl (C=O) groups is 1. The van der Waals surface area contributed by atoms with Crippen LogP contribution >= 0.6 is 0 Å². The maximum absolute atomic E-state index is 12.6. The Hall–Kier alpha value is -4.82. The van der Waals surface area contributed by atoms with E-state index in [0.29, 0.717) is 5.56 Å². The second-order valence-electron chi connectivity index (χ2n) is 8.59. The van der Waals surface area contributed by atoms with Gasteiger partial charge in [0.1, 0.15) is 0 Å². The molecule has 0 aromatic heterocycles. The van der Waals surface area contributed by atoms with E-state index < -0.39 is 31.4 Å². The molecule has 4 rings (SSSR count). The Bertz CT molecular complexity index is 1640. The maximum Gasteiger partial charge on any atom is 0.289 e. The fraction of sp³-hybridized carbons (Fsp3) is 0.0645. The molecule has 0 radical (unpaired) electrons. The highest BCUT2D eigenvalue weighted by atomic mass is 32.2. The summed E-state index contributed by atoms with van der Waals surface area (Å²) in [5, 5.41) is 11.2. The van der Waals surface area contributed by atoms with Crippen LogP contribution in [0.3, 0.4) is 0 Å². The highest BCUT2D eigenvalue weighted by Gasteiger charge is 2.26. The predicted octanol–water partition coefficient (Wildman–Crippen LogP) is 6.48. The summed E-state index contributed by atoms with van der Waals surface area (Å²) in [5.74, 6) is -0.917. The fourth-order valence-electron chi connectivity index (χ4n) is 4.27. The Morgan fingerprint density at radius 1 is 0.795 bits per heavy atom. The van der Waals surface area contributed by atoms with Crippen LogP contribution in [0.1, 0.15) is 35.6 Å². The molecule has 7 nitrogen and oxygen atoms in total. The number of nitrogens with zero attached hydrogens (tertiary/aromatic N) is 1. The second kappa shape index (κ2) is 12.1. The van der Waals surface area contributed by atoms with Crippen LogP contribution in [0.25, 0.3) is 17.2 Å². The van der Waals surface area contributed by atoms with Crippen molar-refractivity contribution in [2.45, 2.75) is 18.2 Å². The molecule has 0 aliphatic rings. The lowest BCUT2D eigenvalue weighted by Crippen LogP contribution is -2.29. The van der Waals surface area contributed by atoms with Crippen LogP contribution in [-0.2, 0) is 14.8 Å². The molecule has 0 heterocycles. The predicted molar refractivity (Wildman–Crippen MR) is 153 cm³/mol. The minimum absolute atomic E-state index is 0.577. The first kappa shape index (κ1) is 27.2. The molecule has 1 amide bonds. The molecule has 4 aromatic carbocycles. The number of para-hydroxylation sites is 1. The van der Waals surface area contributed by atoms with Crippen LogP contribution in [0.5, 0.6) is 0 Å². The minimum atomic E-state index is -4.43. The number of allylic oxidation sites excluding steroid dienone is 1. The molecule has 0 aliphatic carbocycles. The number of hydrogen-bond donors (Lipinski definition) is 1. The zero-order valence-corrected chi connectivity index (χ0v) is 22.0. The zero-order chi connectivity index (χ0) is 27.8. The molecular weight excluding hydrogens is 512 g/mol. The van der Waals surface area contributed by atoms with Gasteiger partial charge in [0.15, 0.2) is 4.90 Å². The van der Waals surface area contributed by atoms with E-state index in [2.05, 4.69) is 31.2 Å². The average Bonchev–Trinajstić information content (AvgIpc) is 2.96. The highest BCUT2D eigenvalue weighted by molar-refractivity contribution is 7.90. The Morgan fingerprint density at radius 2 is 1.33 bits per heavy atom. The average molecular weight is 539 g/mol. The summed E-state index contributed by atoms with van der Waals surface area (Å²) in [7, 11) is -4.43. The number of nitro benzene ring substituents is 1. The van der Waals surface area contributed by atoms with Crippen LogP contribution < -0.4 is 4.72 Å². The molecule has 0 saturated heterocycles. The fourth-order valence-corrected chi connectivity index (χ4v) is 5.39. The summed E-state index contributed by atoms with van der Waals surface area (Å²) in [6, 6.07) is 32.8. The van der Waals surface area contributed by atoms with Crippen molar-refractivity contribution in [1.82, 2.24) is 4.72 Å². The van der Waals surface area contributed by atoms with Gasteiger partial charge in [-0.3, -0.25) is 14.9 Å². The van der Waals surface area contributed by atoms with Gasteiger partial charge < -0.3 is 0 Å². The molecule has 0 fully saturated rings. The van der Waals surface area contributed by atoms with E-state index in [4.69, 9.17) is 0 Å². The van der Waals surface area contributed by atoms with Gasteiger partial charge in [0.25, 0.3) is 21.6 Å². The van der Waals surface area contributed by atoms with E-state index in [-0.39, 0.29) is 0 Å². The van der Waals surface area contributed by atoms with Crippen LogP contribution in [0, 0.1) is 10.1 Å². The van der Waals surface area contributed by atoms with E-state index in [1.54, 1.807) is 0 Å². The van der Waals surface area contributed by atoms with Gasteiger partial charge in [-0.05, 0) is 52.0 Å². The Balaban J connectivity index is 1.59. The third-order valence-corrected chi connectivity index (χ3v) is 7.45. The summed E-state index contributed by atoms with van der Waals surface area (Å²) in [5.41, 5.74) is 5.60. The second-order valence-corrected chi connectivity index (χ2v) is 10.2. The smallest absolute Gasteiger partial charge is 0.269 e. The number of benzene rings is 4. The maximum atomic E-state index is 12.6. The first-order chi connectivity index (χ1) is 18.8. The van der Waals surface area contributed by atoms with Crippen molar-refractivity contribution in [3.63, 3.8) is 0 Å². The van der Waals surface area contributed by atoms with Crippen molar-refractivity contribution in [3.8, 4) is 0 Å². The molecule has 39 heavy (non-hydrogen) atoms. The van der Waals surface area contributed by atoms with Crippen molar-refractivity contribution in [2.75, 3.05) is 0 Å². The molecule has 0 unspecified atom stereocenters. The number of nitrogens with one attached hydrogen (secondary N) is 1. The summed E-state index contributed by atoms with van der Waals surface area (Å²) in [4.78, 5) is 22.2. The third-order valence-electron chi connectivity index (χ3n) is 6.05. The van der Waals surface area contributed by atoms with Gasteiger partial charge in [-0.2, -0.15) is 0 Å². The van der Waals surface area contributed by atoms with E-state index in [1.165, 1.54) is 23.8 Å². The Morgan fingerprint density at radius 3 is 1.92 bits per heavy atom. The van der Waals surface area contributed by atoms with Gasteiger partial charge in [-0.1, -0.05) is 104 Å². The summed E-state index contributed by atoms with van der Waals surface area (Å²) >= 11 is 0. The van der Waals surface area contributed by atoms with Gasteiger partial charge in [0, 0.05) is 12.1 Å². The van der Waals surface area contributed by atoms with Crippen LogP contribution in [-0.4, -0.2) is 19.2 Å². The molecular formula is C31H26N2O5S. The van der Waals surface area contributed by atoms with E-state index in [1.807, 2.05) is 65.4 Å². The summed E-state index contributed by atoms with van der Waals surface area (Å²) in [6.07, 6.45) is 3.39. The van der Waals surface area contributed by atoms with Gasteiger partial charge in [-0.25, -0.2) is 13.1 Å². The molecule has 4 aromatic rings. The monoisotopic (exact) mass is 538 g/mol. The SMILES string of the molecule is CC/C(=C(/c1ccccc1)c1ccc(/C=C/C(=O)NS(=O)(=O)c2ccccc2[N+](=O)[O-])cc1)c1ccccc1. The lowest BCUT2D eigenvalue weighted by Gasteiger charge is -2.16. The topological polar surface area (TPSA) is 106 Å². The standard InChI is InChI=1S/C31H26N2O5S/c1-2-27(24-11-5-3-6-12-24)31(25-13-7-4-8-14-25)26-20-17-23(18-21-26)19-22-30(34)32-39(37,38)29-16-10-9-15-28(29)33(35)36/h3-22H,2H2,1H3,(H,32,34)/b22-19+,31-27+. The van der Waals surface area contributed by atoms with E-state index in [9.17, 15) is 23.3 Å². The summed E-state index contributed by atoms with van der Waals surface area (Å²) < 4.78 is 27.0. The third kappa shape index (κ3) is 6.55. The number of hydrogen-bond acceptors (Lipinski definition) is 5. The van der Waals surface area contributed by atoms with Gasteiger partial charge in [0.2, 0.25) is 0 Å². The number of nitro groups is 1. The first-order valence-electron chi connectivity index (χ1n) is 12.2. The minimum Gasteiger partial charge on any atom is -0.269 e. The molecule has 0 aliphatic heterocycles. The summed E-state index contributed by atoms with van der Waals surface area (Å²) in [6.45, 7) is 2.12. The molecule has 8 heteroatoms. The Kier molecular flexibility index (Phi) is 8.48. The highest BCUT2D eigenvalue weighted by Crippen LogP contribution is 2.34. The normalized spacial score (nSPS) is 12.1. The Labute approximate surface area is 227 Å². The van der Waals surface area contributed by atoms with Crippen molar-refractivity contribution in [1.29, 1.82) is 0 Å². The van der Waals surface area contributed by atoms with Crippen LogP contribution in [0.15, 0.2) is 120 Å². The van der Waals surface area contributed by atoms with Crippen LogP contribution in [0.2, 0.25) is 0 Å². The van der Waals surface area contributed by atoms with Crippen molar-refractivity contribution >= 4 is 38.8 Å². The number of rotatable bonds is 9. The molecule has 0 saturated carbocycles. The van der Waals surface area contributed by atoms with Gasteiger partial charge in [-0.15, -0.1) is 0 Å². The van der Waals surface area contributed by atoms with E-state index in [0.717, 1.165) is 46.9 Å². The molecule has 0 bridgehead atoms. The van der Waals surface area contributed by atoms with Crippen molar-refractivity contribution in [3.05, 3.63) is 148 Å². The quantitative estimate of drug-likeness (QED) is 0.114. The first-order valence-corrected chi connectivity index (χ1v) is 13.7. The zero-order valence-electron chi connectivity index (χ0n) is 21.2. The van der Waals surface area contributed by atoms with Crippen molar-refractivity contribution in [2.24, 2.45) is 0 Å². The molecule has 0 spiro atoms. The largest absolute Gasteiger partial charge is 0.289 e. The van der Waals surface area contributed by atoms with Crippen LogP contribution in [0.4, 0.5) is 5.69 Å². The lowest BCUT2D eigenvalue weighted by molar-refractivity contribution is -0.387. The van der Waals surface area contributed by atoms with Crippen molar-refractivity contribution < 1.29 is 18.1 Å². The number of sulfonamides is 1. The number of carbonyl (C=O) groups excluding carboxylic acids is 1. The molecule has 0 atom stereocenters. The molecule has 196 valence electrons. The molecule has 1 N–H and O–H groups in total. The van der Waals surface area contributed by atoms with Gasteiger partial charge >= 0.3 is 0 Å².